The lowest BCUT2D eigenvalue weighted by Crippen LogP contribution is -2.06. The number of fused-ring (bicyclic) bond motifs is 1. The summed E-state index contributed by atoms with van der Waals surface area (Å²) in [7, 11) is 0. The fourth-order valence-electron chi connectivity index (χ4n) is 1.71. The largest absolute Gasteiger partial charge is 0.408 e. The van der Waals surface area contributed by atoms with Gasteiger partial charge in [-0.2, -0.15) is 0 Å². The van der Waals surface area contributed by atoms with E-state index in [4.69, 9.17) is 4.42 Å². The Kier molecular flexibility index (Phi) is 3.01. The van der Waals surface area contributed by atoms with E-state index in [0.717, 1.165) is 5.52 Å². The summed E-state index contributed by atoms with van der Waals surface area (Å²) in [5, 5.41) is 0.554. The normalized spacial score (nSPS) is 11.6. The minimum Gasteiger partial charge on any atom is -0.408 e. The highest BCUT2D eigenvalue weighted by Crippen LogP contribution is 2.20. The van der Waals surface area contributed by atoms with Gasteiger partial charge in [0, 0.05) is 5.92 Å². The van der Waals surface area contributed by atoms with Crippen molar-refractivity contribution < 1.29 is 4.42 Å². The summed E-state index contributed by atoms with van der Waals surface area (Å²) in [5.41, 5.74) is 1.62. The summed E-state index contributed by atoms with van der Waals surface area (Å²) in [4.78, 5) is 16.2. The van der Waals surface area contributed by atoms with Crippen LogP contribution in [0.2, 0.25) is 0 Å². The molecule has 3 nitrogen and oxygen atoms in total. The van der Waals surface area contributed by atoms with E-state index in [2.05, 4.69) is 18.8 Å². The monoisotopic (exact) mass is 231 g/mol. The molecule has 1 heterocycles. The summed E-state index contributed by atoms with van der Waals surface area (Å²) < 4.78 is 5.19. The van der Waals surface area contributed by atoms with Crippen LogP contribution in [0, 0.1) is 0 Å². The van der Waals surface area contributed by atoms with Crippen LogP contribution < -0.4 is 5.63 Å². The molecule has 1 aromatic heterocycles. The van der Waals surface area contributed by atoms with Gasteiger partial charge in [0.05, 0.1) is 10.9 Å². The van der Waals surface area contributed by atoms with Crippen molar-refractivity contribution in [2.45, 2.75) is 39.5 Å². The lowest BCUT2D eigenvalue weighted by molar-refractivity contribution is 0.424. The zero-order valence-corrected chi connectivity index (χ0v) is 10.7. The van der Waals surface area contributed by atoms with Gasteiger partial charge in [0.15, 0.2) is 0 Å². The molecule has 3 heteroatoms. The summed E-state index contributed by atoms with van der Waals surface area (Å²) in [6, 6.07) is 5.73. The standard InChI is InChI=1S/C14H17NO2/c1-8(2)10-5-6-11-12(7-10)15-13(9(3)4)17-14(11)16/h5-9H,1-4H3. The predicted molar refractivity (Wildman–Crippen MR) is 68.5 cm³/mol. The average Bonchev–Trinajstić information content (AvgIpc) is 2.27. The zero-order chi connectivity index (χ0) is 12.6. The van der Waals surface area contributed by atoms with Gasteiger partial charge in [0.25, 0.3) is 0 Å². The maximum Gasteiger partial charge on any atom is 0.346 e. The summed E-state index contributed by atoms with van der Waals surface area (Å²) in [5.74, 6) is 1.05. The van der Waals surface area contributed by atoms with Crippen molar-refractivity contribution in [3.8, 4) is 0 Å². The van der Waals surface area contributed by atoms with Gasteiger partial charge in [-0.15, -0.1) is 0 Å². The van der Waals surface area contributed by atoms with Crippen molar-refractivity contribution in [3.05, 3.63) is 40.1 Å². The topological polar surface area (TPSA) is 43.1 Å². The minimum atomic E-state index is -0.297. The first kappa shape index (κ1) is 11.8. The molecule has 1 aromatic carbocycles. The molecule has 0 atom stereocenters. The van der Waals surface area contributed by atoms with Gasteiger partial charge in [-0.3, -0.25) is 0 Å². The van der Waals surface area contributed by atoms with Crippen LogP contribution in [0.25, 0.3) is 10.9 Å². The van der Waals surface area contributed by atoms with Crippen molar-refractivity contribution in [2.24, 2.45) is 0 Å². The average molecular weight is 231 g/mol. The summed E-state index contributed by atoms with van der Waals surface area (Å²) in [6.07, 6.45) is 0. The molecule has 2 aromatic rings. The van der Waals surface area contributed by atoms with E-state index in [-0.39, 0.29) is 11.5 Å². The Labute approximate surface area is 100 Å². The van der Waals surface area contributed by atoms with Crippen LogP contribution in [-0.4, -0.2) is 4.98 Å². The molecule has 0 saturated heterocycles. The van der Waals surface area contributed by atoms with E-state index in [1.807, 2.05) is 26.0 Å². The molecule has 0 aliphatic heterocycles. The van der Waals surface area contributed by atoms with Gasteiger partial charge >= 0.3 is 5.63 Å². The fourth-order valence-corrected chi connectivity index (χ4v) is 1.71. The molecule has 90 valence electrons. The molecular formula is C14H17NO2. The number of hydrogen-bond donors (Lipinski definition) is 0. The van der Waals surface area contributed by atoms with Crippen molar-refractivity contribution in [1.82, 2.24) is 4.98 Å². The molecule has 0 radical (unpaired) electrons. The Bertz CT molecular complexity index is 591. The molecule has 0 spiro atoms. The van der Waals surface area contributed by atoms with Gasteiger partial charge in [0.2, 0.25) is 5.89 Å². The van der Waals surface area contributed by atoms with Gasteiger partial charge in [-0.05, 0) is 23.6 Å². The van der Waals surface area contributed by atoms with E-state index < -0.39 is 0 Å². The maximum absolute atomic E-state index is 11.8. The van der Waals surface area contributed by atoms with Crippen molar-refractivity contribution in [2.75, 3.05) is 0 Å². The molecule has 0 N–H and O–H groups in total. The maximum atomic E-state index is 11.8. The van der Waals surface area contributed by atoms with Gasteiger partial charge in [0.1, 0.15) is 0 Å². The highest BCUT2D eigenvalue weighted by atomic mass is 16.4. The summed E-state index contributed by atoms with van der Waals surface area (Å²) in [6.45, 7) is 8.17. The number of aromatic nitrogens is 1. The Morgan fingerprint density at radius 1 is 1.12 bits per heavy atom. The first-order chi connectivity index (χ1) is 7.99. The molecule has 0 aliphatic rings. The first-order valence-corrected chi connectivity index (χ1v) is 5.93. The molecule has 0 saturated carbocycles. The van der Waals surface area contributed by atoms with Crippen LogP contribution in [0.3, 0.4) is 0 Å². The van der Waals surface area contributed by atoms with E-state index in [0.29, 0.717) is 17.2 Å². The molecular weight excluding hydrogens is 214 g/mol. The molecule has 0 fully saturated rings. The Morgan fingerprint density at radius 3 is 2.41 bits per heavy atom. The molecule has 0 aliphatic carbocycles. The highest BCUT2D eigenvalue weighted by Gasteiger charge is 2.10. The van der Waals surface area contributed by atoms with E-state index in [1.54, 1.807) is 6.07 Å². The van der Waals surface area contributed by atoms with E-state index in [1.165, 1.54) is 5.56 Å². The van der Waals surface area contributed by atoms with E-state index >= 15 is 0 Å². The lowest BCUT2D eigenvalue weighted by atomic mass is 10.0. The molecule has 2 rings (SSSR count). The van der Waals surface area contributed by atoms with Crippen LogP contribution in [0.4, 0.5) is 0 Å². The van der Waals surface area contributed by atoms with Gasteiger partial charge < -0.3 is 4.42 Å². The zero-order valence-electron chi connectivity index (χ0n) is 10.7. The minimum absolute atomic E-state index is 0.120. The highest BCUT2D eigenvalue weighted by molar-refractivity contribution is 5.77. The van der Waals surface area contributed by atoms with E-state index in [9.17, 15) is 4.79 Å². The first-order valence-electron chi connectivity index (χ1n) is 5.93. The molecule has 0 unspecified atom stereocenters. The fraction of sp³-hybridized carbons (Fsp3) is 0.429. The van der Waals surface area contributed by atoms with Crippen molar-refractivity contribution >= 4 is 10.9 Å². The smallest absolute Gasteiger partial charge is 0.346 e. The van der Waals surface area contributed by atoms with Gasteiger partial charge in [-0.25, -0.2) is 9.78 Å². The Hall–Kier alpha value is -1.64. The van der Waals surface area contributed by atoms with Gasteiger partial charge in [-0.1, -0.05) is 33.8 Å². The second kappa shape index (κ2) is 4.32. The quantitative estimate of drug-likeness (QED) is 0.795. The Balaban J connectivity index is 2.71. The van der Waals surface area contributed by atoms with Crippen molar-refractivity contribution in [3.63, 3.8) is 0 Å². The Morgan fingerprint density at radius 2 is 1.82 bits per heavy atom. The van der Waals surface area contributed by atoms with Crippen LogP contribution in [0.5, 0.6) is 0 Å². The number of hydrogen-bond acceptors (Lipinski definition) is 3. The molecule has 0 amide bonds. The second-order valence-corrected chi connectivity index (χ2v) is 4.93. The predicted octanol–water partition coefficient (Wildman–Crippen LogP) is 3.43. The van der Waals surface area contributed by atoms with Crippen LogP contribution in [0.15, 0.2) is 27.4 Å². The lowest BCUT2D eigenvalue weighted by Gasteiger charge is -2.07. The molecule has 0 bridgehead atoms. The third kappa shape index (κ3) is 2.23. The SMILES string of the molecule is CC(C)c1ccc2c(=O)oc(C(C)C)nc2c1. The number of rotatable bonds is 2. The van der Waals surface area contributed by atoms with Crippen LogP contribution in [0.1, 0.15) is 51.0 Å². The third-order valence-corrected chi connectivity index (χ3v) is 2.83. The van der Waals surface area contributed by atoms with Crippen LogP contribution >= 0.6 is 0 Å². The summed E-state index contributed by atoms with van der Waals surface area (Å²) >= 11 is 0. The third-order valence-electron chi connectivity index (χ3n) is 2.83. The van der Waals surface area contributed by atoms with Crippen LogP contribution in [-0.2, 0) is 0 Å². The number of benzene rings is 1. The molecule has 17 heavy (non-hydrogen) atoms. The van der Waals surface area contributed by atoms with Crippen molar-refractivity contribution in [1.29, 1.82) is 0 Å². The number of nitrogens with zero attached hydrogens (tertiary/aromatic N) is 1. The second-order valence-electron chi connectivity index (χ2n) is 4.93.